The zero-order valence-corrected chi connectivity index (χ0v) is 12.8. The molecule has 116 valence electrons. The highest BCUT2D eigenvalue weighted by molar-refractivity contribution is 5.82. The van der Waals surface area contributed by atoms with Crippen LogP contribution in [0.1, 0.15) is 59.3 Å². The van der Waals surface area contributed by atoms with Gasteiger partial charge in [-0.1, -0.05) is 40.0 Å². The molecule has 1 fully saturated rings. The highest BCUT2D eigenvalue weighted by Crippen LogP contribution is 2.22. The van der Waals surface area contributed by atoms with Crippen molar-refractivity contribution in [3.8, 4) is 0 Å². The summed E-state index contributed by atoms with van der Waals surface area (Å²) in [5.74, 6) is -0.326. The Morgan fingerprint density at radius 3 is 2.55 bits per heavy atom. The Labute approximate surface area is 121 Å². The average Bonchev–Trinajstić information content (AvgIpc) is 2.60. The SMILES string of the molecule is CCC(C)C(NC(=O)NC1CCCC(C)CC1)C(=O)O. The number of hydrogen-bond donors (Lipinski definition) is 3. The Balaban J connectivity index is 2.46. The molecule has 0 saturated heterocycles. The summed E-state index contributed by atoms with van der Waals surface area (Å²) in [5, 5.41) is 14.7. The van der Waals surface area contributed by atoms with Gasteiger partial charge in [-0.3, -0.25) is 0 Å². The van der Waals surface area contributed by atoms with Gasteiger partial charge in [-0.25, -0.2) is 9.59 Å². The Hall–Kier alpha value is -1.26. The van der Waals surface area contributed by atoms with E-state index in [1.165, 1.54) is 6.42 Å². The van der Waals surface area contributed by atoms with Crippen LogP contribution in [-0.2, 0) is 4.79 Å². The van der Waals surface area contributed by atoms with Gasteiger partial charge in [0.15, 0.2) is 0 Å². The standard InChI is InChI=1S/C15H28N2O3/c1-4-11(3)13(14(18)19)17-15(20)16-12-7-5-6-10(2)8-9-12/h10-13H,4-9H2,1-3H3,(H,18,19)(H2,16,17,20). The lowest BCUT2D eigenvalue weighted by Gasteiger charge is -2.23. The molecule has 2 amide bonds. The second kappa shape index (κ2) is 8.12. The number of carboxylic acids is 1. The zero-order chi connectivity index (χ0) is 15.1. The fourth-order valence-corrected chi connectivity index (χ4v) is 2.68. The van der Waals surface area contributed by atoms with E-state index in [0.29, 0.717) is 0 Å². The molecule has 0 aromatic rings. The Morgan fingerprint density at radius 2 is 1.95 bits per heavy atom. The number of rotatable bonds is 5. The number of carboxylic acid groups (broad SMARTS) is 1. The van der Waals surface area contributed by atoms with E-state index in [9.17, 15) is 9.59 Å². The van der Waals surface area contributed by atoms with Crippen LogP contribution in [0.25, 0.3) is 0 Å². The number of nitrogens with one attached hydrogen (secondary N) is 2. The van der Waals surface area contributed by atoms with E-state index in [-0.39, 0.29) is 18.0 Å². The van der Waals surface area contributed by atoms with Gasteiger partial charge in [-0.05, 0) is 31.1 Å². The highest BCUT2D eigenvalue weighted by atomic mass is 16.4. The summed E-state index contributed by atoms with van der Waals surface area (Å²) < 4.78 is 0. The molecule has 0 spiro atoms. The fourth-order valence-electron chi connectivity index (χ4n) is 2.68. The largest absolute Gasteiger partial charge is 0.480 e. The predicted octanol–water partition coefficient (Wildman–Crippen LogP) is 2.75. The third-order valence-corrected chi connectivity index (χ3v) is 4.36. The summed E-state index contributed by atoms with van der Waals surface area (Å²) in [6, 6.07) is -0.992. The first-order valence-electron chi connectivity index (χ1n) is 7.73. The van der Waals surface area contributed by atoms with Crippen LogP contribution in [0.15, 0.2) is 0 Å². The monoisotopic (exact) mass is 284 g/mol. The molecule has 0 radical (unpaired) electrons. The van der Waals surface area contributed by atoms with E-state index in [1.54, 1.807) is 0 Å². The van der Waals surface area contributed by atoms with Crippen molar-refractivity contribution in [3.63, 3.8) is 0 Å². The fraction of sp³-hybridized carbons (Fsp3) is 0.867. The first kappa shape index (κ1) is 16.8. The van der Waals surface area contributed by atoms with Crippen LogP contribution in [0.5, 0.6) is 0 Å². The molecule has 1 aliphatic carbocycles. The van der Waals surface area contributed by atoms with E-state index >= 15 is 0 Å². The molecule has 0 aromatic carbocycles. The van der Waals surface area contributed by atoms with Gasteiger partial charge in [0.05, 0.1) is 0 Å². The van der Waals surface area contributed by atoms with Gasteiger partial charge in [0.2, 0.25) is 0 Å². The van der Waals surface area contributed by atoms with E-state index in [0.717, 1.165) is 38.0 Å². The van der Waals surface area contributed by atoms with E-state index in [4.69, 9.17) is 5.11 Å². The summed E-state index contributed by atoms with van der Waals surface area (Å²) in [7, 11) is 0. The Kier molecular flexibility index (Phi) is 6.82. The van der Waals surface area contributed by atoms with Crippen LogP contribution in [-0.4, -0.2) is 29.2 Å². The summed E-state index contributed by atoms with van der Waals surface area (Å²) in [4.78, 5) is 23.1. The number of urea groups is 1. The molecule has 5 heteroatoms. The number of amides is 2. The van der Waals surface area contributed by atoms with Gasteiger partial charge in [0.25, 0.3) is 0 Å². The van der Waals surface area contributed by atoms with E-state index in [2.05, 4.69) is 17.6 Å². The molecular weight excluding hydrogens is 256 g/mol. The third kappa shape index (κ3) is 5.39. The lowest BCUT2D eigenvalue weighted by Crippen LogP contribution is -2.51. The molecule has 1 aliphatic rings. The number of carbonyl (C=O) groups is 2. The van der Waals surface area contributed by atoms with Crippen molar-refractivity contribution in [2.75, 3.05) is 0 Å². The third-order valence-electron chi connectivity index (χ3n) is 4.36. The molecule has 0 aromatic heterocycles. The van der Waals surface area contributed by atoms with Crippen LogP contribution in [0, 0.1) is 11.8 Å². The van der Waals surface area contributed by atoms with Crippen molar-refractivity contribution < 1.29 is 14.7 Å². The minimum atomic E-state index is -0.969. The predicted molar refractivity (Wildman–Crippen MR) is 78.6 cm³/mol. The van der Waals surface area contributed by atoms with Crippen molar-refractivity contribution in [2.45, 2.75) is 71.4 Å². The first-order chi connectivity index (χ1) is 9.43. The summed E-state index contributed by atoms with van der Waals surface area (Å²) >= 11 is 0. The summed E-state index contributed by atoms with van der Waals surface area (Å²) in [5.41, 5.74) is 0. The molecule has 3 N–H and O–H groups in total. The molecule has 5 nitrogen and oxygen atoms in total. The Bertz CT molecular complexity index is 333. The smallest absolute Gasteiger partial charge is 0.326 e. The van der Waals surface area contributed by atoms with Crippen molar-refractivity contribution in [1.29, 1.82) is 0 Å². The van der Waals surface area contributed by atoms with Crippen molar-refractivity contribution in [3.05, 3.63) is 0 Å². The number of carbonyl (C=O) groups excluding carboxylic acids is 1. The molecule has 1 rings (SSSR count). The molecule has 4 unspecified atom stereocenters. The molecule has 0 bridgehead atoms. The maximum Gasteiger partial charge on any atom is 0.326 e. The maximum atomic E-state index is 12.0. The molecule has 0 heterocycles. The second-order valence-corrected chi connectivity index (χ2v) is 6.13. The topological polar surface area (TPSA) is 78.4 Å². The van der Waals surface area contributed by atoms with Gasteiger partial charge in [0, 0.05) is 6.04 Å². The van der Waals surface area contributed by atoms with Crippen LogP contribution >= 0.6 is 0 Å². The van der Waals surface area contributed by atoms with Gasteiger partial charge in [-0.15, -0.1) is 0 Å². The van der Waals surface area contributed by atoms with Crippen molar-refractivity contribution >= 4 is 12.0 Å². The minimum Gasteiger partial charge on any atom is -0.480 e. The van der Waals surface area contributed by atoms with Crippen LogP contribution < -0.4 is 10.6 Å². The van der Waals surface area contributed by atoms with Gasteiger partial charge >= 0.3 is 12.0 Å². The van der Waals surface area contributed by atoms with E-state index in [1.807, 2.05) is 13.8 Å². The number of aliphatic carboxylic acids is 1. The summed E-state index contributed by atoms with van der Waals surface area (Å²) in [6.07, 6.45) is 6.15. The second-order valence-electron chi connectivity index (χ2n) is 6.13. The van der Waals surface area contributed by atoms with E-state index < -0.39 is 12.0 Å². The average molecular weight is 284 g/mol. The zero-order valence-electron chi connectivity index (χ0n) is 12.8. The highest BCUT2D eigenvalue weighted by Gasteiger charge is 2.26. The van der Waals surface area contributed by atoms with Crippen molar-refractivity contribution in [2.24, 2.45) is 11.8 Å². The van der Waals surface area contributed by atoms with Crippen LogP contribution in [0.4, 0.5) is 4.79 Å². The quantitative estimate of drug-likeness (QED) is 0.679. The maximum absolute atomic E-state index is 12.0. The normalized spacial score (nSPS) is 26.1. The number of hydrogen-bond acceptors (Lipinski definition) is 2. The molecule has 20 heavy (non-hydrogen) atoms. The van der Waals surface area contributed by atoms with Crippen LogP contribution in [0.3, 0.4) is 0 Å². The Morgan fingerprint density at radius 1 is 1.25 bits per heavy atom. The molecule has 1 saturated carbocycles. The van der Waals surface area contributed by atoms with Crippen molar-refractivity contribution in [1.82, 2.24) is 10.6 Å². The lowest BCUT2D eigenvalue weighted by atomic mass is 9.99. The molecular formula is C15H28N2O3. The lowest BCUT2D eigenvalue weighted by molar-refractivity contribution is -0.140. The summed E-state index contributed by atoms with van der Waals surface area (Å²) in [6.45, 7) is 6.01. The van der Waals surface area contributed by atoms with Gasteiger partial charge < -0.3 is 15.7 Å². The first-order valence-corrected chi connectivity index (χ1v) is 7.73. The molecule has 4 atom stereocenters. The minimum absolute atomic E-state index is 0.0765. The van der Waals surface area contributed by atoms with Gasteiger partial charge in [-0.2, -0.15) is 0 Å². The van der Waals surface area contributed by atoms with Crippen LogP contribution in [0.2, 0.25) is 0 Å². The van der Waals surface area contributed by atoms with Gasteiger partial charge in [0.1, 0.15) is 6.04 Å². The molecule has 0 aliphatic heterocycles.